The van der Waals surface area contributed by atoms with E-state index in [-0.39, 0.29) is 0 Å². The second-order valence-electron chi connectivity index (χ2n) is 5.99. The number of aryl methyl sites for hydroxylation is 1. The molecule has 0 aliphatic rings. The molecule has 136 valence electrons. The number of imidazole rings is 1. The van der Waals surface area contributed by atoms with E-state index in [2.05, 4.69) is 15.1 Å². The molecule has 0 unspecified atom stereocenters. The first-order valence-electron chi connectivity index (χ1n) is 8.61. The van der Waals surface area contributed by atoms with Gasteiger partial charge in [-0.15, -0.1) is 0 Å². The van der Waals surface area contributed by atoms with Crippen LogP contribution in [-0.4, -0.2) is 44.9 Å². The molecule has 0 aromatic carbocycles. The third-order valence-electron chi connectivity index (χ3n) is 4.23. The molecule has 0 bridgehead atoms. The van der Waals surface area contributed by atoms with Crippen LogP contribution in [0.3, 0.4) is 0 Å². The maximum Gasteiger partial charge on any atom is 0.213 e. The Morgan fingerprint density at radius 1 is 0.963 bits per heavy atom. The predicted molar refractivity (Wildman–Crippen MR) is 102 cm³/mol. The molecule has 7 heteroatoms. The molecule has 0 saturated heterocycles. The quantitative estimate of drug-likeness (QED) is 0.491. The Balaban J connectivity index is 1.74. The normalized spacial score (nSPS) is 11.0. The molecule has 0 aliphatic carbocycles. The zero-order chi connectivity index (χ0) is 18.6. The van der Waals surface area contributed by atoms with E-state index in [1.54, 1.807) is 31.9 Å². The fraction of sp³-hybridized carbons (Fsp3) is 0.200. The van der Waals surface area contributed by atoms with Gasteiger partial charge in [-0.2, -0.15) is 5.10 Å². The summed E-state index contributed by atoms with van der Waals surface area (Å²) in [7, 11) is 1.64. The number of nitrogens with zero attached hydrogens (tertiary/aromatic N) is 5. The molecule has 4 aromatic rings. The molecule has 27 heavy (non-hydrogen) atoms. The summed E-state index contributed by atoms with van der Waals surface area (Å²) in [4.78, 5) is 13.2. The number of aromatic nitrogens is 5. The van der Waals surface area contributed by atoms with Crippen molar-refractivity contribution in [2.24, 2.45) is 0 Å². The predicted octanol–water partition coefficient (Wildman–Crippen LogP) is 3.19. The molecule has 4 aromatic heterocycles. The van der Waals surface area contributed by atoms with Gasteiger partial charge in [-0.1, -0.05) is 0 Å². The lowest BCUT2D eigenvalue weighted by atomic mass is 10.1. The van der Waals surface area contributed by atoms with Gasteiger partial charge in [-0.25, -0.2) is 14.5 Å². The Hall–Kier alpha value is -3.32. The van der Waals surface area contributed by atoms with Crippen LogP contribution in [-0.2, 0) is 4.74 Å². The van der Waals surface area contributed by atoms with Gasteiger partial charge in [0.2, 0.25) is 5.88 Å². The molecule has 0 fully saturated rings. The lowest BCUT2D eigenvalue weighted by molar-refractivity contribution is 0.144. The minimum Gasteiger partial charge on any atom is -0.475 e. The summed E-state index contributed by atoms with van der Waals surface area (Å²) in [5, 5.41) is 4.51. The van der Waals surface area contributed by atoms with Crippen LogP contribution in [0.4, 0.5) is 0 Å². The van der Waals surface area contributed by atoms with E-state index in [1.165, 1.54) is 0 Å². The van der Waals surface area contributed by atoms with Crippen LogP contribution in [0.15, 0.2) is 55.1 Å². The highest BCUT2D eigenvalue weighted by Gasteiger charge is 2.16. The highest BCUT2D eigenvalue weighted by atomic mass is 16.5. The van der Waals surface area contributed by atoms with Crippen LogP contribution < -0.4 is 4.74 Å². The van der Waals surface area contributed by atoms with Gasteiger partial charge in [0.25, 0.3) is 0 Å². The summed E-state index contributed by atoms with van der Waals surface area (Å²) in [6.07, 6.45) is 7.10. The Kier molecular flexibility index (Phi) is 4.76. The lowest BCUT2D eigenvalue weighted by Crippen LogP contribution is -2.05. The van der Waals surface area contributed by atoms with Crippen molar-refractivity contribution in [1.82, 2.24) is 24.6 Å². The Bertz CT molecular complexity index is 1050. The largest absolute Gasteiger partial charge is 0.475 e. The Morgan fingerprint density at radius 2 is 1.81 bits per heavy atom. The topological polar surface area (TPSA) is 74.4 Å². The number of pyridine rings is 2. The van der Waals surface area contributed by atoms with Crippen molar-refractivity contribution < 1.29 is 9.47 Å². The van der Waals surface area contributed by atoms with E-state index >= 15 is 0 Å². The number of rotatable bonds is 6. The first-order chi connectivity index (χ1) is 13.3. The van der Waals surface area contributed by atoms with Gasteiger partial charge < -0.3 is 9.47 Å². The standard InChI is InChI=1S/C20H19N5O2/c1-14-19(16-3-4-18(22-13-16)27-12-11-26-2)25-20(24-14)17(7-10-23-25)15-5-8-21-9-6-15/h3-10,13H,11-12H2,1-2H3. The first kappa shape index (κ1) is 17.1. The van der Waals surface area contributed by atoms with Crippen molar-refractivity contribution in [2.45, 2.75) is 6.92 Å². The van der Waals surface area contributed by atoms with E-state index in [4.69, 9.17) is 14.5 Å². The van der Waals surface area contributed by atoms with E-state index in [9.17, 15) is 0 Å². The average molecular weight is 361 g/mol. The van der Waals surface area contributed by atoms with Gasteiger partial charge in [0, 0.05) is 49.1 Å². The second-order valence-corrected chi connectivity index (χ2v) is 5.99. The summed E-state index contributed by atoms with van der Waals surface area (Å²) in [5.41, 5.74) is 5.59. The van der Waals surface area contributed by atoms with E-state index < -0.39 is 0 Å². The van der Waals surface area contributed by atoms with Gasteiger partial charge in [0.05, 0.1) is 18.0 Å². The first-order valence-corrected chi connectivity index (χ1v) is 8.61. The molecule has 0 N–H and O–H groups in total. The minimum atomic E-state index is 0.467. The van der Waals surface area contributed by atoms with E-state index in [0.717, 1.165) is 33.7 Å². The third-order valence-corrected chi connectivity index (χ3v) is 4.23. The molecule has 0 atom stereocenters. The van der Waals surface area contributed by atoms with Crippen molar-refractivity contribution in [3.63, 3.8) is 0 Å². The third kappa shape index (κ3) is 3.37. The van der Waals surface area contributed by atoms with Gasteiger partial charge in [0.15, 0.2) is 5.65 Å². The second kappa shape index (κ2) is 7.51. The van der Waals surface area contributed by atoms with Crippen molar-refractivity contribution in [3.8, 4) is 28.3 Å². The summed E-state index contributed by atoms with van der Waals surface area (Å²) >= 11 is 0. The molecule has 4 rings (SSSR count). The molecular formula is C20H19N5O2. The maximum absolute atomic E-state index is 5.53. The van der Waals surface area contributed by atoms with Crippen LogP contribution >= 0.6 is 0 Å². The molecular weight excluding hydrogens is 342 g/mol. The number of methoxy groups -OCH3 is 1. The van der Waals surface area contributed by atoms with Crippen molar-refractivity contribution in [3.05, 3.63) is 60.8 Å². The number of hydrogen-bond donors (Lipinski definition) is 0. The van der Waals surface area contributed by atoms with Crippen LogP contribution in [0.5, 0.6) is 5.88 Å². The number of fused-ring (bicyclic) bond motifs is 1. The van der Waals surface area contributed by atoms with Gasteiger partial charge in [0.1, 0.15) is 6.61 Å². The maximum atomic E-state index is 5.53. The number of ether oxygens (including phenoxy) is 2. The fourth-order valence-electron chi connectivity index (χ4n) is 2.98. The van der Waals surface area contributed by atoms with Crippen molar-refractivity contribution in [1.29, 1.82) is 0 Å². The summed E-state index contributed by atoms with van der Waals surface area (Å²) < 4.78 is 12.4. The van der Waals surface area contributed by atoms with Crippen molar-refractivity contribution >= 4 is 5.65 Å². The molecule has 4 heterocycles. The smallest absolute Gasteiger partial charge is 0.213 e. The van der Waals surface area contributed by atoms with E-state index in [0.29, 0.717) is 19.1 Å². The van der Waals surface area contributed by atoms with Crippen LogP contribution in [0.1, 0.15) is 5.69 Å². The highest BCUT2D eigenvalue weighted by Crippen LogP contribution is 2.29. The fourth-order valence-corrected chi connectivity index (χ4v) is 2.98. The average Bonchev–Trinajstić information content (AvgIpc) is 3.05. The van der Waals surface area contributed by atoms with Gasteiger partial charge in [-0.3, -0.25) is 4.98 Å². The molecule has 7 nitrogen and oxygen atoms in total. The summed E-state index contributed by atoms with van der Waals surface area (Å²) in [6.45, 7) is 2.97. The molecule has 0 spiro atoms. The van der Waals surface area contributed by atoms with Crippen LogP contribution in [0.25, 0.3) is 28.0 Å². The molecule has 0 aliphatic heterocycles. The number of hydrogen-bond acceptors (Lipinski definition) is 6. The van der Waals surface area contributed by atoms with E-state index in [1.807, 2.05) is 41.8 Å². The van der Waals surface area contributed by atoms with Gasteiger partial charge in [-0.05, 0) is 36.8 Å². The van der Waals surface area contributed by atoms with Crippen LogP contribution in [0, 0.1) is 6.92 Å². The Morgan fingerprint density at radius 3 is 2.56 bits per heavy atom. The lowest BCUT2D eigenvalue weighted by Gasteiger charge is -2.07. The van der Waals surface area contributed by atoms with Crippen LogP contribution in [0.2, 0.25) is 0 Å². The zero-order valence-corrected chi connectivity index (χ0v) is 15.2. The van der Waals surface area contributed by atoms with Gasteiger partial charge >= 0.3 is 0 Å². The molecule has 0 amide bonds. The minimum absolute atomic E-state index is 0.467. The monoisotopic (exact) mass is 361 g/mol. The zero-order valence-electron chi connectivity index (χ0n) is 15.2. The molecule has 0 saturated carbocycles. The van der Waals surface area contributed by atoms with Crippen molar-refractivity contribution in [2.75, 3.05) is 20.3 Å². The SMILES string of the molecule is COCCOc1ccc(-c2c(C)nc3c(-c4ccncc4)ccnn23)cn1. The summed E-state index contributed by atoms with van der Waals surface area (Å²) in [5.74, 6) is 0.563. The summed E-state index contributed by atoms with van der Waals surface area (Å²) in [6, 6.07) is 9.70. The Labute approximate surface area is 156 Å². The molecule has 0 radical (unpaired) electrons. The highest BCUT2D eigenvalue weighted by molar-refractivity contribution is 5.80.